The van der Waals surface area contributed by atoms with Crippen LogP contribution in [-0.4, -0.2) is 36.4 Å². The molecule has 0 radical (unpaired) electrons. The molecule has 0 spiro atoms. The van der Waals surface area contributed by atoms with Crippen LogP contribution in [0.3, 0.4) is 0 Å². The molecule has 2 atom stereocenters. The van der Waals surface area contributed by atoms with Crippen LogP contribution in [0.5, 0.6) is 0 Å². The first-order chi connectivity index (χ1) is 20.5. The fraction of sp³-hybridized carbons (Fsp3) is 0.946. The topological polar surface area (TPSA) is 72.8 Å². The monoisotopic (exact) mass is 597 g/mol. The van der Waals surface area contributed by atoms with Gasteiger partial charge in [-0.2, -0.15) is 0 Å². The highest BCUT2D eigenvalue weighted by atomic mass is 16.6. The van der Waals surface area contributed by atoms with Gasteiger partial charge < -0.3 is 14.6 Å². The first-order valence-electron chi connectivity index (χ1n) is 18.5. The highest BCUT2D eigenvalue weighted by Crippen LogP contribution is 2.16. The molecular weight excluding hydrogens is 524 g/mol. The molecule has 0 aliphatic rings. The zero-order valence-electron chi connectivity index (χ0n) is 28.4. The Balaban J connectivity index is 3.40. The van der Waals surface area contributed by atoms with Gasteiger partial charge in [-0.1, -0.05) is 175 Å². The number of aliphatic hydroxyl groups is 1. The van der Waals surface area contributed by atoms with Gasteiger partial charge in [0.1, 0.15) is 19.3 Å². The molecule has 1 N–H and O–H groups in total. The van der Waals surface area contributed by atoms with Gasteiger partial charge in [-0.05, 0) is 18.8 Å². The fourth-order valence-corrected chi connectivity index (χ4v) is 5.42. The normalized spacial score (nSPS) is 12.8. The third-order valence-electron chi connectivity index (χ3n) is 8.63. The van der Waals surface area contributed by atoms with Crippen molar-refractivity contribution in [3.63, 3.8) is 0 Å². The van der Waals surface area contributed by atoms with Crippen LogP contribution in [0.15, 0.2) is 0 Å². The number of hydrogen-bond donors (Lipinski definition) is 1. The first-order valence-corrected chi connectivity index (χ1v) is 18.5. The van der Waals surface area contributed by atoms with E-state index in [-0.39, 0.29) is 25.2 Å². The molecule has 0 aromatic carbocycles. The van der Waals surface area contributed by atoms with E-state index in [0.717, 1.165) is 31.6 Å². The number of esters is 2. The predicted octanol–water partition coefficient (Wildman–Crippen LogP) is 11.0. The van der Waals surface area contributed by atoms with Crippen LogP contribution in [0.25, 0.3) is 0 Å². The highest BCUT2D eigenvalue weighted by molar-refractivity contribution is 5.69. The number of aliphatic hydroxyl groups excluding tert-OH is 1. The Morgan fingerprint density at radius 2 is 0.810 bits per heavy atom. The van der Waals surface area contributed by atoms with E-state index in [9.17, 15) is 14.7 Å². The summed E-state index contributed by atoms with van der Waals surface area (Å²) in [5.74, 6) is 0.326. The van der Waals surface area contributed by atoms with Crippen molar-refractivity contribution in [2.45, 2.75) is 207 Å². The van der Waals surface area contributed by atoms with E-state index in [2.05, 4.69) is 20.8 Å². The first kappa shape index (κ1) is 40.9. The Morgan fingerprint density at radius 1 is 0.500 bits per heavy atom. The SMILES string of the molecule is CCCCCCCCCCCCCCCCC(=O)OC[C@@H](O)COC(=O)CCCCCCCCCCCCC(C)CC. The Kier molecular flexibility index (Phi) is 31.9. The van der Waals surface area contributed by atoms with Gasteiger partial charge in [0.2, 0.25) is 0 Å². The van der Waals surface area contributed by atoms with Crippen LogP contribution in [-0.2, 0) is 19.1 Å². The van der Waals surface area contributed by atoms with Crippen molar-refractivity contribution in [2.75, 3.05) is 13.2 Å². The van der Waals surface area contributed by atoms with Crippen molar-refractivity contribution in [3.8, 4) is 0 Å². The molecule has 42 heavy (non-hydrogen) atoms. The highest BCUT2D eigenvalue weighted by Gasteiger charge is 2.12. The summed E-state index contributed by atoms with van der Waals surface area (Å²) in [6, 6.07) is 0. The molecule has 1 unspecified atom stereocenters. The van der Waals surface area contributed by atoms with Crippen LogP contribution in [0.1, 0.15) is 201 Å². The summed E-state index contributed by atoms with van der Waals surface area (Å²) in [5.41, 5.74) is 0. The second kappa shape index (κ2) is 32.8. The van der Waals surface area contributed by atoms with E-state index >= 15 is 0 Å². The van der Waals surface area contributed by atoms with Crippen LogP contribution in [0.4, 0.5) is 0 Å². The third kappa shape index (κ3) is 31.8. The van der Waals surface area contributed by atoms with Crippen molar-refractivity contribution < 1.29 is 24.2 Å². The van der Waals surface area contributed by atoms with Gasteiger partial charge >= 0.3 is 11.9 Å². The van der Waals surface area contributed by atoms with Gasteiger partial charge in [-0.15, -0.1) is 0 Å². The minimum atomic E-state index is -0.954. The predicted molar refractivity (Wildman–Crippen MR) is 178 cm³/mol. The van der Waals surface area contributed by atoms with Gasteiger partial charge in [-0.25, -0.2) is 0 Å². The molecule has 0 saturated heterocycles. The fourth-order valence-electron chi connectivity index (χ4n) is 5.42. The lowest BCUT2D eigenvalue weighted by atomic mass is 9.99. The Hall–Kier alpha value is -1.10. The molecule has 5 heteroatoms. The average Bonchev–Trinajstić information content (AvgIpc) is 2.99. The van der Waals surface area contributed by atoms with Crippen molar-refractivity contribution in [1.82, 2.24) is 0 Å². The van der Waals surface area contributed by atoms with Crippen molar-refractivity contribution in [3.05, 3.63) is 0 Å². The molecule has 0 aliphatic heterocycles. The minimum Gasteiger partial charge on any atom is -0.463 e. The van der Waals surface area contributed by atoms with Gasteiger partial charge in [0.05, 0.1) is 0 Å². The number of rotatable bonds is 33. The number of carbonyl (C=O) groups is 2. The van der Waals surface area contributed by atoms with E-state index in [1.165, 1.54) is 141 Å². The number of hydrogen-bond acceptors (Lipinski definition) is 5. The summed E-state index contributed by atoms with van der Waals surface area (Å²) in [4.78, 5) is 23.8. The Bertz CT molecular complexity index is 579. The van der Waals surface area contributed by atoms with E-state index in [0.29, 0.717) is 12.8 Å². The van der Waals surface area contributed by atoms with E-state index in [1.807, 2.05) is 0 Å². The lowest BCUT2D eigenvalue weighted by molar-refractivity contribution is -0.152. The molecule has 250 valence electrons. The van der Waals surface area contributed by atoms with Crippen LogP contribution in [0, 0.1) is 5.92 Å². The largest absolute Gasteiger partial charge is 0.463 e. The van der Waals surface area contributed by atoms with Gasteiger partial charge in [0, 0.05) is 12.8 Å². The minimum absolute atomic E-state index is 0.109. The molecule has 0 aliphatic carbocycles. The molecule has 0 rings (SSSR count). The van der Waals surface area contributed by atoms with Crippen LogP contribution in [0.2, 0.25) is 0 Å². The summed E-state index contributed by atoms with van der Waals surface area (Å²) in [6.45, 7) is 6.68. The number of ether oxygens (including phenoxy) is 2. The van der Waals surface area contributed by atoms with Crippen molar-refractivity contribution in [1.29, 1.82) is 0 Å². The van der Waals surface area contributed by atoms with E-state index in [4.69, 9.17) is 9.47 Å². The lowest BCUT2D eigenvalue weighted by Gasteiger charge is -2.12. The molecular formula is C37H72O5. The lowest BCUT2D eigenvalue weighted by Crippen LogP contribution is -2.25. The molecule has 5 nitrogen and oxygen atoms in total. The van der Waals surface area contributed by atoms with Crippen molar-refractivity contribution >= 4 is 11.9 Å². The molecule has 0 aromatic rings. The molecule has 0 saturated carbocycles. The summed E-state index contributed by atoms with van der Waals surface area (Å²) in [6.07, 6.45) is 32.9. The maximum atomic E-state index is 11.9. The van der Waals surface area contributed by atoms with E-state index in [1.54, 1.807) is 0 Å². The second-order valence-corrected chi connectivity index (χ2v) is 13.0. The van der Waals surface area contributed by atoms with Gasteiger partial charge in [-0.3, -0.25) is 9.59 Å². The third-order valence-corrected chi connectivity index (χ3v) is 8.63. The van der Waals surface area contributed by atoms with Gasteiger partial charge in [0.25, 0.3) is 0 Å². The summed E-state index contributed by atoms with van der Waals surface area (Å²) in [7, 11) is 0. The molecule has 0 bridgehead atoms. The molecule has 0 heterocycles. The van der Waals surface area contributed by atoms with Gasteiger partial charge in [0.15, 0.2) is 0 Å². The smallest absolute Gasteiger partial charge is 0.305 e. The van der Waals surface area contributed by atoms with Crippen LogP contribution < -0.4 is 0 Å². The quantitative estimate of drug-likeness (QED) is 0.0602. The van der Waals surface area contributed by atoms with E-state index < -0.39 is 6.10 Å². The maximum Gasteiger partial charge on any atom is 0.305 e. The number of carbonyl (C=O) groups excluding carboxylic acids is 2. The Morgan fingerprint density at radius 3 is 1.14 bits per heavy atom. The molecule has 0 fully saturated rings. The maximum absolute atomic E-state index is 11.9. The Labute approximate surface area is 261 Å². The van der Waals surface area contributed by atoms with Crippen molar-refractivity contribution in [2.24, 2.45) is 5.92 Å². The molecule has 0 amide bonds. The molecule has 0 aromatic heterocycles. The zero-order chi connectivity index (χ0) is 30.9. The van der Waals surface area contributed by atoms with Crippen LogP contribution >= 0.6 is 0 Å². The second-order valence-electron chi connectivity index (χ2n) is 13.0. The average molecular weight is 597 g/mol. The summed E-state index contributed by atoms with van der Waals surface area (Å²) < 4.78 is 10.3. The zero-order valence-corrected chi connectivity index (χ0v) is 28.4. The summed E-state index contributed by atoms with van der Waals surface area (Å²) >= 11 is 0. The number of unbranched alkanes of at least 4 members (excludes halogenated alkanes) is 22. The summed E-state index contributed by atoms with van der Waals surface area (Å²) in [5, 5.41) is 9.98. The standard InChI is InChI=1S/C37H72O5/c1-4-6-7-8-9-10-11-12-13-14-18-21-24-27-30-36(39)41-32-35(38)33-42-37(40)31-28-25-22-19-16-15-17-20-23-26-29-34(3)5-2/h34-35,38H,4-33H2,1-3H3/t34?,35-/m1/s1.